The molecule has 1 fully saturated rings. The third-order valence-corrected chi connectivity index (χ3v) is 4.14. The van der Waals surface area contributed by atoms with E-state index in [9.17, 15) is 4.79 Å². The smallest absolute Gasteiger partial charge is 0.252 e. The van der Waals surface area contributed by atoms with Gasteiger partial charge in [-0.15, -0.1) is 0 Å². The Labute approximate surface area is 130 Å². The maximum atomic E-state index is 12.8. The molecule has 1 aromatic heterocycles. The fourth-order valence-electron chi connectivity index (χ4n) is 2.85. The van der Waals surface area contributed by atoms with Gasteiger partial charge in [0.25, 0.3) is 5.91 Å². The second-order valence-electron chi connectivity index (χ2n) is 5.63. The summed E-state index contributed by atoms with van der Waals surface area (Å²) < 4.78 is 11.0. The van der Waals surface area contributed by atoms with Crippen LogP contribution >= 0.6 is 0 Å². The second kappa shape index (κ2) is 6.79. The van der Waals surface area contributed by atoms with Gasteiger partial charge >= 0.3 is 0 Å². The number of carbonyl (C=O) groups excluding carboxylic acids is 1. The summed E-state index contributed by atoms with van der Waals surface area (Å²) in [5.74, 6) is 0.833. The fourth-order valence-corrected chi connectivity index (χ4v) is 2.85. The molecule has 1 saturated heterocycles. The number of hydrogen-bond acceptors (Lipinski definition) is 3. The van der Waals surface area contributed by atoms with E-state index in [-0.39, 0.29) is 18.1 Å². The molecule has 1 aliphatic rings. The highest BCUT2D eigenvalue weighted by Crippen LogP contribution is 2.26. The molecule has 22 heavy (non-hydrogen) atoms. The lowest BCUT2D eigenvalue weighted by molar-refractivity contribution is -0.144. The Balaban J connectivity index is 1.83. The molecule has 2 aromatic rings. The van der Waals surface area contributed by atoms with E-state index in [0.717, 1.165) is 24.2 Å². The van der Waals surface area contributed by atoms with Crippen LogP contribution in [-0.2, 0) is 16.1 Å². The minimum Gasteiger partial charge on any atom is -0.467 e. The topological polar surface area (TPSA) is 42.7 Å². The second-order valence-corrected chi connectivity index (χ2v) is 5.63. The summed E-state index contributed by atoms with van der Waals surface area (Å²) in [7, 11) is 0. The molecule has 0 N–H and O–H groups in total. The SMILES string of the molecule is C[C@@H](c1ccccc1)N(Cc1ccco1)C(=O)[C@H]1CCCO1. The summed E-state index contributed by atoms with van der Waals surface area (Å²) in [5.41, 5.74) is 1.11. The Bertz CT molecular complexity index is 588. The molecule has 0 spiro atoms. The van der Waals surface area contributed by atoms with E-state index in [1.807, 2.05) is 54.3 Å². The zero-order valence-electron chi connectivity index (χ0n) is 12.8. The van der Waals surface area contributed by atoms with Crippen molar-refractivity contribution in [2.75, 3.05) is 6.61 Å². The minimum absolute atomic E-state index is 0.0250. The van der Waals surface area contributed by atoms with Crippen LogP contribution in [0.1, 0.15) is 37.1 Å². The predicted octanol–water partition coefficient (Wildman–Crippen LogP) is 3.55. The van der Waals surface area contributed by atoms with Crippen LogP contribution < -0.4 is 0 Å². The van der Waals surface area contributed by atoms with Crippen molar-refractivity contribution in [2.24, 2.45) is 0 Å². The van der Waals surface area contributed by atoms with E-state index in [1.165, 1.54) is 0 Å². The van der Waals surface area contributed by atoms with Gasteiger partial charge in [-0.1, -0.05) is 30.3 Å². The van der Waals surface area contributed by atoms with Gasteiger partial charge in [0.15, 0.2) is 0 Å². The molecule has 0 radical (unpaired) electrons. The van der Waals surface area contributed by atoms with Crippen LogP contribution in [0, 0.1) is 0 Å². The van der Waals surface area contributed by atoms with Crippen LogP contribution in [0.2, 0.25) is 0 Å². The number of rotatable bonds is 5. The molecule has 0 aliphatic carbocycles. The molecule has 4 heteroatoms. The van der Waals surface area contributed by atoms with Gasteiger partial charge in [0.2, 0.25) is 0 Å². The number of carbonyl (C=O) groups is 1. The van der Waals surface area contributed by atoms with Crippen LogP contribution in [0.15, 0.2) is 53.1 Å². The van der Waals surface area contributed by atoms with Gasteiger partial charge in [-0.05, 0) is 37.5 Å². The highest BCUT2D eigenvalue weighted by molar-refractivity contribution is 5.81. The van der Waals surface area contributed by atoms with E-state index in [0.29, 0.717) is 13.2 Å². The first-order chi connectivity index (χ1) is 10.8. The lowest BCUT2D eigenvalue weighted by Crippen LogP contribution is -2.40. The largest absolute Gasteiger partial charge is 0.467 e. The van der Waals surface area contributed by atoms with Crippen molar-refractivity contribution < 1.29 is 13.9 Å². The molecular formula is C18H21NO3. The van der Waals surface area contributed by atoms with E-state index >= 15 is 0 Å². The summed E-state index contributed by atoms with van der Waals surface area (Å²) in [6.45, 7) is 3.18. The monoisotopic (exact) mass is 299 g/mol. The van der Waals surface area contributed by atoms with E-state index in [4.69, 9.17) is 9.15 Å². The average Bonchev–Trinajstić information content (AvgIpc) is 3.25. The first-order valence-corrected chi connectivity index (χ1v) is 7.75. The Hall–Kier alpha value is -2.07. The van der Waals surface area contributed by atoms with Crippen molar-refractivity contribution in [2.45, 2.75) is 38.5 Å². The summed E-state index contributed by atoms with van der Waals surface area (Å²) in [5, 5.41) is 0. The van der Waals surface area contributed by atoms with Crippen LogP contribution in [0.25, 0.3) is 0 Å². The number of amides is 1. The summed E-state index contributed by atoms with van der Waals surface area (Å²) in [4.78, 5) is 14.7. The van der Waals surface area contributed by atoms with Crippen molar-refractivity contribution in [3.05, 3.63) is 60.1 Å². The van der Waals surface area contributed by atoms with Crippen molar-refractivity contribution in [3.63, 3.8) is 0 Å². The normalized spacial score (nSPS) is 19.0. The number of benzene rings is 1. The van der Waals surface area contributed by atoms with Crippen LogP contribution in [0.3, 0.4) is 0 Å². The maximum Gasteiger partial charge on any atom is 0.252 e. The van der Waals surface area contributed by atoms with Gasteiger partial charge in [0.05, 0.1) is 18.8 Å². The highest BCUT2D eigenvalue weighted by Gasteiger charge is 2.31. The van der Waals surface area contributed by atoms with Gasteiger partial charge in [-0.3, -0.25) is 4.79 Å². The molecule has 0 bridgehead atoms. The van der Waals surface area contributed by atoms with Crippen LogP contribution in [-0.4, -0.2) is 23.5 Å². The van der Waals surface area contributed by atoms with E-state index < -0.39 is 0 Å². The van der Waals surface area contributed by atoms with Crippen molar-refractivity contribution in [1.82, 2.24) is 4.90 Å². The van der Waals surface area contributed by atoms with Crippen LogP contribution in [0.4, 0.5) is 0 Å². The zero-order valence-corrected chi connectivity index (χ0v) is 12.8. The van der Waals surface area contributed by atoms with Crippen molar-refractivity contribution in [3.8, 4) is 0 Å². The Morgan fingerprint density at radius 3 is 2.73 bits per heavy atom. The van der Waals surface area contributed by atoms with Gasteiger partial charge in [-0.25, -0.2) is 0 Å². The average molecular weight is 299 g/mol. The Morgan fingerprint density at radius 2 is 2.09 bits per heavy atom. The first kappa shape index (κ1) is 14.9. The standard InChI is InChI=1S/C18H21NO3/c1-14(15-7-3-2-4-8-15)19(13-16-9-5-11-21-16)18(20)17-10-6-12-22-17/h2-5,7-9,11,14,17H,6,10,12-13H2,1H3/t14-,17+/m0/s1. The summed E-state index contributed by atoms with van der Waals surface area (Å²) >= 11 is 0. The molecule has 4 nitrogen and oxygen atoms in total. The molecule has 1 aliphatic heterocycles. The highest BCUT2D eigenvalue weighted by atomic mass is 16.5. The maximum absolute atomic E-state index is 12.8. The molecule has 116 valence electrons. The number of hydrogen-bond donors (Lipinski definition) is 0. The number of nitrogens with zero attached hydrogens (tertiary/aromatic N) is 1. The third-order valence-electron chi connectivity index (χ3n) is 4.14. The first-order valence-electron chi connectivity index (χ1n) is 7.75. The van der Waals surface area contributed by atoms with Crippen LogP contribution in [0.5, 0.6) is 0 Å². The Kier molecular flexibility index (Phi) is 4.59. The lowest BCUT2D eigenvalue weighted by atomic mass is 10.1. The number of ether oxygens (including phenoxy) is 1. The third kappa shape index (κ3) is 3.22. The van der Waals surface area contributed by atoms with Gasteiger partial charge in [0, 0.05) is 6.61 Å². The minimum atomic E-state index is -0.318. The summed E-state index contributed by atoms with van der Waals surface area (Å²) in [6.07, 6.45) is 3.07. The molecule has 3 rings (SSSR count). The number of furan rings is 1. The lowest BCUT2D eigenvalue weighted by Gasteiger charge is -2.31. The van der Waals surface area contributed by atoms with Gasteiger partial charge in [0.1, 0.15) is 11.9 Å². The molecule has 0 saturated carbocycles. The summed E-state index contributed by atoms with van der Waals surface area (Å²) in [6, 6.07) is 13.8. The Morgan fingerprint density at radius 1 is 1.27 bits per heavy atom. The van der Waals surface area contributed by atoms with Gasteiger partial charge in [-0.2, -0.15) is 0 Å². The molecule has 2 heterocycles. The molecule has 0 unspecified atom stereocenters. The predicted molar refractivity (Wildman–Crippen MR) is 83.1 cm³/mol. The molecule has 1 aromatic carbocycles. The zero-order chi connectivity index (χ0) is 15.4. The molecular weight excluding hydrogens is 278 g/mol. The van der Waals surface area contributed by atoms with E-state index in [1.54, 1.807) is 6.26 Å². The molecule has 2 atom stereocenters. The van der Waals surface area contributed by atoms with Crippen molar-refractivity contribution in [1.29, 1.82) is 0 Å². The van der Waals surface area contributed by atoms with Gasteiger partial charge < -0.3 is 14.1 Å². The van der Waals surface area contributed by atoms with E-state index in [2.05, 4.69) is 0 Å². The molecule has 1 amide bonds. The van der Waals surface area contributed by atoms with Crippen molar-refractivity contribution >= 4 is 5.91 Å². The fraction of sp³-hybridized carbons (Fsp3) is 0.389. The quantitative estimate of drug-likeness (QED) is 0.848.